The summed E-state index contributed by atoms with van der Waals surface area (Å²) in [7, 11) is 5.83. The molecule has 0 saturated carbocycles. The number of nitrogens with zero attached hydrogens (tertiary/aromatic N) is 4. The molecule has 0 fully saturated rings. The van der Waals surface area contributed by atoms with Crippen LogP contribution >= 0.6 is 0 Å². The molecule has 7 nitrogen and oxygen atoms in total. The Hall–Kier alpha value is -3.61. The van der Waals surface area contributed by atoms with E-state index in [-0.39, 0.29) is 12.3 Å². The van der Waals surface area contributed by atoms with E-state index < -0.39 is 0 Å². The van der Waals surface area contributed by atoms with Crippen molar-refractivity contribution >= 4 is 28.3 Å². The summed E-state index contributed by atoms with van der Waals surface area (Å²) in [6.07, 6.45) is 7.68. The highest BCUT2D eigenvalue weighted by atomic mass is 16.1. The Balaban J connectivity index is 1.55. The number of aromatic nitrogens is 4. The maximum absolute atomic E-state index is 12.6. The van der Waals surface area contributed by atoms with Crippen LogP contribution in [0.25, 0.3) is 22.2 Å². The highest BCUT2D eigenvalue weighted by molar-refractivity contribution is 5.96. The van der Waals surface area contributed by atoms with Gasteiger partial charge >= 0.3 is 0 Å². The summed E-state index contributed by atoms with van der Waals surface area (Å²) in [5.41, 5.74) is 5.47. The summed E-state index contributed by atoms with van der Waals surface area (Å²) >= 11 is 0. The minimum absolute atomic E-state index is 0.0661. The second kappa shape index (κ2) is 7.19. The average Bonchev–Trinajstić information content (AvgIpc) is 3.28. The van der Waals surface area contributed by atoms with Gasteiger partial charge in [0.25, 0.3) is 0 Å². The second-order valence-electron chi connectivity index (χ2n) is 7.01. The average molecular weight is 374 g/mol. The quantitative estimate of drug-likeness (QED) is 0.562. The van der Waals surface area contributed by atoms with E-state index in [0.29, 0.717) is 0 Å². The van der Waals surface area contributed by atoms with E-state index in [2.05, 4.69) is 20.4 Å². The Kier molecular flexibility index (Phi) is 4.57. The van der Waals surface area contributed by atoms with E-state index in [4.69, 9.17) is 0 Å². The number of aromatic amines is 1. The zero-order valence-electron chi connectivity index (χ0n) is 16.1. The lowest BCUT2D eigenvalue weighted by atomic mass is 10.1. The van der Waals surface area contributed by atoms with Crippen LogP contribution in [0.1, 0.15) is 5.56 Å². The first kappa shape index (κ1) is 17.8. The molecule has 0 bridgehead atoms. The van der Waals surface area contributed by atoms with Crippen LogP contribution in [0.5, 0.6) is 0 Å². The molecule has 0 radical (unpaired) electrons. The van der Waals surface area contributed by atoms with Crippen LogP contribution in [0.2, 0.25) is 0 Å². The monoisotopic (exact) mass is 374 g/mol. The normalized spacial score (nSPS) is 11.0. The number of nitrogens with one attached hydrogen (secondary N) is 2. The minimum atomic E-state index is -0.0661. The number of amides is 1. The number of rotatable bonds is 5. The number of pyridine rings is 1. The largest absolute Gasteiger partial charge is 0.378 e. The molecule has 7 heteroatoms. The summed E-state index contributed by atoms with van der Waals surface area (Å²) in [5, 5.41) is 8.13. The summed E-state index contributed by atoms with van der Waals surface area (Å²) < 4.78 is 1.76. The Bertz CT molecular complexity index is 1140. The molecule has 0 aliphatic carbocycles. The van der Waals surface area contributed by atoms with Crippen LogP contribution < -0.4 is 10.2 Å². The van der Waals surface area contributed by atoms with Gasteiger partial charge in [-0.1, -0.05) is 6.07 Å². The molecule has 2 N–H and O–H groups in total. The summed E-state index contributed by atoms with van der Waals surface area (Å²) in [5.74, 6) is -0.0661. The van der Waals surface area contributed by atoms with Crippen molar-refractivity contribution in [2.45, 2.75) is 6.42 Å². The molecule has 1 amide bonds. The molecule has 0 atom stereocenters. The molecular formula is C21H22N6O. The lowest BCUT2D eigenvalue weighted by Crippen LogP contribution is -2.15. The first-order chi connectivity index (χ1) is 13.5. The first-order valence-corrected chi connectivity index (χ1v) is 9.02. The van der Waals surface area contributed by atoms with E-state index >= 15 is 0 Å². The third-order valence-electron chi connectivity index (χ3n) is 4.65. The maximum atomic E-state index is 12.6. The number of carbonyl (C=O) groups is 1. The molecule has 3 aromatic heterocycles. The van der Waals surface area contributed by atoms with Gasteiger partial charge in [-0.2, -0.15) is 5.10 Å². The molecule has 0 unspecified atom stereocenters. The maximum Gasteiger partial charge on any atom is 0.228 e. The topological polar surface area (TPSA) is 78.8 Å². The third-order valence-corrected chi connectivity index (χ3v) is 4.65. The molecule has 0 aliphatic rings. The van der Waals surface area contributed by atoms with E-state index in [1.807, 2.05) is 75.0 Å². The van der Waals surface area contributed by atoms with Crippen LogP contribution in [0, 0.1) is 0 Å². The van der Waals surface area contributed by atoms with Crippen molar-refractivity contribution in [1.82, 2.24) is 19.7 Å². The van der Waals surface area contributed by atoms with Crippen LogP contribution in [-0.4, -0.2) is 39.8 Å². The number of fused-ring (bicyclic) bond motifs is 1. The molecule has 142 valence electrons. The molecule has 4 aromatic rings. The van der Waals surface area contributed by atoms with E-state index in [1.54, 1.807) is 10.9 Å². The summed E-state index contributed by atoms with van der Waals surface area (Å²) in [6, 6.07) is 9.82. The van der Waals surface area contributed by atoms with Crippen molar-refractivity contribution in [2.75, 3.05) is 24.3 Å². The number of hydrogen-bond donors (Lipinski definition) is 2. The van der Waals surface area contributed by atoms with Crippen LogP contribution in [-0.2, 0) is 18.3 Å². The number of benzene rings is 1. The lowest BCUT2D eigenvalue weighted by molar-refractivity contribution is -0.115. The fourth-order valence-electron chi connectivity index (χ4n) is 3.17. The van der Waals surface area contributed by atoms with Gasteiger partial charge in [-0.3, -0.25) is 9.48 Å². The zero-order chi connectivity index (χ0) is 19.7. The molecule has 0 aliphatic heterocycles. The van der Waals surface area contributed by atoms with Crippen molar-refractivity contribution in [3.8, 4) is 11.1 Å². The Morgan fingerprint density at radius 3 is 2.82 bits per heavy atom. The van der Waals surface area contributed by atoms with Crippen molar-refractivity contribution in [3.05, 3.63) is 60.7 Å². The zero-order valence-corrected chi connectivity index (χ0v) is 16.1. The van der Waals surface area contributed by atoms with Crippen molar-refractivity contribution in [2.24, 2.45) is 7.05 Å². The predicted molar refractivity (Wildman–Crippen MR) is 111 cm³/mol. The molecule has 0 saturated heterocycles. The fraction of sp³-hybridized carbons (Fsp3) is 0.190. The van der Waals surface area contributed by atoms with Gasteiger partial charge in [0.15, 0.2) is 0 Å². The molecule has 0 spiro atoms. The van der Waals surface area contributed by atoms with Crippen molar-refractivity contribution in [3.63, 3.8) is 0 Å². The van der Waals surface area contributed by atoms with Crippen LogP contribution in [0.4, 0.5) is 11.4 Å². The fourth-order valence-corrected chi connectivity index (χ4v) is 3.17. The second-order valence-corrected chi connectivity index (χ2v) is 7.01. The molecule has 4 rings (SSSR count). The van der Waals surface area contributed by atoms with Gasteiger partial charge in [0.05, 0.1) is 12.6 Å². The highest BCUT2D eigenvalue weighted by Crippen LogP contribution is 2.25. The number of aryl methyl sites for hydroxylation is 1. The lowest BCUT2D eigenvalue weighted by Gasteiger charge is -2.14. The Morgan fingerprint density at radius 2 is 2.07 bits per heavy atom. The molecular weight excluding hydrogens is 352 g/mol. The van der Waals surface area contributed by atoms with E-state index in [1.165, 1.54) is 0 Å². The van der Waals surface area contributed by atoms with Crippen molar-refractivity contribution in [1.29, 1.82) is 0 Å². The van der Waals surface area contributed by atoms with Gasteiger partial charge in [0, 0.05) is 67.6 Å². The summed E-state index contributed by atoms with van der Waals surface area (Å²) in [4.78, 5) is 22.2. The standard InChI is InChI=1S/C21H22N6O/c1-26(2)18-6-4-5-17(9-18)25-20(28)8-15-11-23-21-19(15)7-14(10-22-21)16-12-24-27(3)13-16/h4-7,9-13H,8H2,1-3H3,(H,22,23)(H,25,28). The first-order valence-electron chi connectivity index (χ1n) is 9.02. The third kappa shape index (κ3) is 3.59. The summed E-state index contributed by atoms with van der Waals surface area (Å²) in [6.45, 7) is 0. The SMILES string of the molecule is CN(C)c1cccc(NC(=O)Cc2c[nH]c3ncc(-c4cnn(C)c4)cc23)c1. The van der Waals surface area contributed by atoms with Gasteiger partial charge in [-0.15, -0.1) is 0 Å². The number of H-pyrrole nitrogens is 1. The highest BCUT2D eigenvalue weighted by Gasteiger charge is 2.12. The number of hydrogen-bond acceptors (Lipinski definition) is 4. The molecule has 28 heavy (non-hydrogen) atoms. The van der Waals surface area contributed by atoms with Gasteiger partial charge < -0.3 is 15.2 Å². The number of carbonyl (C=O) groups excluding carboxylic acids is 1. The van der Waals surface area contributed by atoms with Gasteiger partial charge in [0.2, 0.25) is 5.91 Å². The smallest absolute Gasteiger partial charge is 0.228 e. The van der Waals surface area contributed by atoms with E-state index in [9.17, 15) is 4.79 Å². The van der Waals surface area contributed by atoms with Crippen LogP contribution in [0.15, 0.2) is 55.1 Å². The number of anilines is 2. The van der Waals surface area contributed by atoms with Gasteiger partial charge in [-0.05, 0) is 29.8 Å². The Morgan fingerprint density at radius 1 is 1.21 bits per heavy atom. The van der Waals surface area contributed by atoms with Crippen molar-refractivity contribution < 1.29 is 4.79 Å². The predicted octanol–water partition coefficient (Wildman–Crippen LogP) is 3.21. The van der Waals surface area contributed by atoms with Gasteiger partial charge in [-0.25, -0.2) is 4.98 Å². The molecule has 3 heterocycles. The van der Waals surface area contributed by atoms with Gasteiger partial charge in [0.1, 0.15) is 5.65 Å². The van der Waals surface area contributed by atoms with Crippen LogP contribution in [0.3, 0.4) is 0 Å². The van der Waals surface area contributed by atoms with E-state index in [0.717, 1.165) is 39.1 Å². The Labute approximate surface area is 163 Å². The minimum Gasteiger partial charge on any atom is -0.378 e. The molecule has 1 aromatic carbocycles.